The molecule has 0 spiro atoms. The molecule has 3 fully saturated rings. The van der Waals surface area contributed by atoms with Crippen molar-refractivity contribution in [1.29, 1.82) is 0 Å². The van der Waals surface area contributed by atoms with E-state index in [-0.39, 0.29) is 17.4 Å². The van der Waals surface area contributed by atoms with Crippen LogP contribution in [0.4, 0.5) is 0 Å². The number of rotatable bonds is 7. The molecule has 4 nitrogen and oxygen atoms in total. The van der Waals surface area contributed by atoms with Gasteiger partial charge in [-0.3, -0.25) is 4.79 Å². The summed E-state index contributed by atoms with van der Waals surface area (Å²) in [7, 11) is 0. The van der Waals surface area contributed by atoms with Crippen molar-refractivity contribution in [3.63, 3.8) is 0 Å². The summed E-state index contributed by atoms with van der Waals surface area (Å²) in [6.45, 7) is 8.70. The first kappa shape index (κ1) is 25.4. The Morgan fingerprint density at radius 2 is 1.82 bits per heavy atom. The smallest absolute Gasteiger partial charge is 0.254 e. The molecule has 0 aromatic heterocycles. The summed E-state index contributed by atoms with van der Waals surface area (Å²) in [6, 6.07) is 22.6. The van der Waals surface area contributed by atoms with Gasteiger partial charge in [-0.2, -0.15) is 0 Å². The minimum atomic E-state index is 0.000597. The first-order valence-corrected chi connectivity index (χ1v) is 14.7. The SMILES string of the molecule is CC(C)CN(C(=O)c1ccc2ccccc2c1)C1CCC2CN(CC3CC3)CCC2(c2cccc(O)c2)C1. The summed E-state index contributed by atoms with van der Waals surface area (Å²) in [4.78, 5) is 19.0. The Balaban J connectivity index is 1.31. The predicted molar refractivity (Wildman–Crippen MR) is 155 cm³/mol. The molecule has 2 saturated carbocycles. The van der Waals surface area contributed by atoms with Crippen molar-refractivity contribution in [2.45, 2.75) is 63.8 Å². The molecule has 1 aliphatic heterocycles. The van der Waals surface area contributed by atoms with Crippen LogP contribution in [-0.2, 0) is 5.41 Å². The Morgan fingerprint density at radius 3 is 2.58 bits per heavy atom. The number of amides is 1. The summed E-state index contributed by atoms with van der Waals surface area (Å²) in [5.74, 6) is 2.37. The molecule has 4 heteroatoms. The third-order valence-corrected chi connectivity index (χ3v) is 9.48. The van der Waals surface area contributed by atoms with E-state index in [4.69, 9.17) is 0 Å². The minimum absolute atomic E-state index is 0.000597. The Hall–Kier alpha value is -2.85. The monoisotopic (exact) mass is 510 g/mol. The molecule has 3 aromatic carbocycles. The molecule has 1 saturated heterocycles. The van der Waals surface area contributed by atoms with Crippen LogP contribution < -0.4 is 0 Å². The standard InChI is InChI=1S/C34H42N2O2/c1-24(2)21-36(33(38)28-13-12-26-6-3-4-7-27(26)18-28)31-15-14-30-23-35(22-25-10-11-25)17-16-34(30,20-31)29-8-5-9-32(37)19-29/h3-9,12-13,18-19,24-25,30-31,37H,10-11,14-17,20-23H2,1-2H3. The Kier molecular flexibility index (Phi) is 6.94. The maximum absolute atomic E-state index is 14.1. The summed E-state index contributed by atoms with van der Waals surface area (Å²) in [5.41, 5.74) is 2.05. The first-order chi connectivity index (χ1) is 18.4. The van der Waals surface area contributed by atoms with Gasteiger partial charge in [0, 0.05) is 36.7 Å². The number of likely N-dealkylation sites (tertiary alicyclic amines) is 1. The maximum Gasteiger partial charge on any atom is 0.254 e. The molecule has 1 N–H and O–H groups in total. The van der Waals surface area contributed by atoms with Crippen molar-refractivity contribution in [2.24, 2.45) is 17.8 Å². The highest BCUT2D eigenvalue weighted by Gasteiger charge is 2.50. The molecule has 38 heavy (non-hydrogen) atoms. The van der Waals surface area contributed by atoms with Crippen LogP contribution in [0.1, 0.15) is 68.3 Å². The van der Waals surface area contributed by atoms with Gasteiger partial charge >= 0.3 is 0 Å². The highest BCUT2D eigenvalue weighted by molar-refractivity contribution is 5.98. The number of hydrogen-bond acceptors (Lipinski definition) is 3. The third kappa shape index (κ3) is 5.08. The van der Waals surface area contributed by atoms with Gasteiger partial charge in [-0.25, -0.2) is 0 Å². The first-order valence-electron chi connectivity index (χ1n) is 14.7. The van der Waals surface area contributed by atoms with Gasteiger partial charge in [-0.05, 0) is 103 Å². The lowest BCUT2D eigenvalue weighted by molar-refractivity contribution is 0.00989. The van der Waals surface area contributed by atoms with Crippen molar-refractivity contribution in [3.05, 3.63) is 77.9 Å². The van der Waals surface area contributed by atoms with E-state index in [1.165, 1.54) is 30.3 Å². The van der Waals surface area contributed by atoms with Gasteiger partial charge in [0.2, 0.25) is 0 Å². The Labute approximate surface area is 227 Å². The lowest BCUT2D eigenvalue weighted by Crippen LogP contribution is -2.57. The van der Waals surface area contributed by atoms with Gasteiger partial charge in [-0.1, -0.05) is 56.3 Å². The van der Waals surface area contributed by atoms with Crippen LogP contribution in [0.25, 0.3) is 10.8 Å². The number of phenols is 1. The Morgan fingerprint density at radius 1 is 1.00 bits per heavy atom. The van der Waals surface area contributed by atoms with E-state index in [1.807, 2.05) is 30.3 Å². The summed E-state index contributed by atoms with van der Waals surface area (Å²) < 4.78 is 0. The van der Waals surface area contributed by atoms with E-state index in [2.05, 4.69) is 54.0 Å². The number of aromatic hydroxyl groups is 1. The second-order valence-corrected chi connectivity index (χ2v) is 12.7. The second-order valence-electron chi connectivity index (χ2n) is 12.7. The molecule has 6 rings (SSSR count). The molecule has 1 amide bonds. The number of piperidine rings is 1. The van der Waals surface area contributed by atoms with Crippen molar-refractivity contribution in [3.8, 4) is 5.75 Å². The molecule has 3 atom stereocenters. The molecule has 200 valence electrons. The topological polar surface area (TPSA) is 43.8 Å². The van der Waals surface area contributed by atoms with Crippen molar-refractivity contribution < 1.29 is 9.90 Å². The zero-order valence-corrected chi connectivity index (χ0v) is 23.0. The normalized spacial score (nSPS) is 25.9. The van der Waals surface area contributed by atoms with E-state index in [9.17, 15) is 9.90 Å². The van der Waals surface area contributed by atoms with Crippen molar-refractivity contribution in [2.75, 3.05) is 26.2 Å². The lowest BCUT2D eigenvalue weighted by Gasteiger charge is -2.55. The van der Waals surface area contributed by atoms with Gasteiger partial charge in [0.1, 0.15) is 5.75 Å². The number of carbonyl (C=O) groups is 1. The lowest BCUT2D eigenvalue weighted by atomic mass is 9.57. The van der Waals surface area contributed by atoms with Gasteiger partial charge in [0.25, 0.3) is 5.91 Å². The Bertz CT molecular complexity index is 1300. The van der Waals surface area contributed by atoms with E-state index in [1.54, 1.807) is 6.07 Å². The summed E-state index contributed by atoms with van der Waals surface area (Å²) in [5, 5.41) is 12.7. The van der Waals surface area contributed by atoms with Crippen LogP contribution in [0.2, 0.25) is 0 Å². The van der Waals surface area contributed by atoms with E-state index in [0.717, 1.165) is 62.2 Å². The third-order valence-electron chi connectivity index (χ3n) is 9.48. The fourth-order valence-corrected chi connectivity index (χ4v) is 7.38. The van der Waals surface area contributed by atoms with Gasteiger partial charge in [0.15, 0.2) is 0 Å². The number of fused-ring (bicyclic) bond motifs is 2. The summed E-state index contributed by atoms with van der Waals surface area (Å²) >= 11 is 0. The number of benzene rings is 3. The van der Waals surface area contributed by atoms with Crippen LogP contribution in [0, 0.1) is 17.8 Å². The fraction of sp³-hybridized carbons (Fsp3) is 0.500. The highest BCUT2D eigenvalue weighted by atomic mass is 16.3. The zero-order chi connectivity index (χ0) is 26.3. The number of hydrogen-bond donors (Lipinski definition) is 1. The molecule has 0 bridgehead atoms. The molecular weight excluding hydrogens is 468 g/mol. The van der Waals surface area contributed by atoms with Crippen LogP contribution in [0.15, 0.2) is 66.7 Å². The van der Waals surface area contributed by atoms with E-state index < -0.39 is 0 Å². The van der Waals surface area contributed by atoms with Crippen molar-refractivity contribution >= 4 is 16.7 Å². The number of carbonyl (C=O) groups excluding carboxylic acids is 1. The van der Waals surface area contributed by atoms with E-state index >= 15 is 0 Å². The molecular formula is C34H42N2O2. The van der Waals surface area contributed by atoms with E-state index in [0.29, 0.717) is 17.6 Å². The average molecular weight is 511 g/mol. The second kappa shape index (κ2) is 10.4. The minimum Gasteiger partial charge on any atom is -0.508 e. The molecule has 3 aromatic rings. The fourth-order valence-electron chi connectivity index (χ4n) is 7.38. The molecule has 2 aliphatic carbocycles. The molecule has 0 radical (unpaired) electrons. The largest absolute Gasteiger partial charge is 0.508 e. The quantitative estimate of drug-likeness (QED) is 0.377. The molecule has 3 unspecified atom stereocenters. The zero-order valence-electron chi connectivity index (χ0n) is 23.0. The van der Waals surface area contributed by atoms with Gasteiger partial charge in [0.05, 0.1) is 0 Å². The molecule has 1 heterocycles. The number of nitrogens with zero attached hydrogens (tertiary/aromatic N) is 2. The average Bonchev–Trinajstić information content (AvgIpc) is 3.75. The van der Waals surface area contributed by atoms with Crippen LogP contribution in [0.5, 0.6) is 5.75 Å². The maximum atomic E-state index is 14.1. The predicted octanol–water partition coefficient (Wildman–Crippen LogP) is 6.87. The molecule has 3 aliphatic rings. The van der Waals surface area contributed by atoms with Crippen LogP contribution >= 0.6 is 0 Å². The van der Waals surface area contributed by atoms with Crippen LogP contribution in [-0.4, -0.2) is 53.0 Å². The highest BCUT2D eigenvalue weighted by Crippen LogP contribution is 2.51. The van der Waals surface area contributed by atoms with Crippen LogP contribution in [0.3, 0.4) is 0 Å². The van der Waals surface area contributed by atoms with Crippen molar-refractivity contribution in [1.82, 2.24) is 9.80 Å². The number of phenolic OH excluding ortho intramolecular Hbond substituents is 1. The summed E-state index contributed by atoms with van der Waals surface area (Å²) in [6.07, 6.45) is 7.04. The van der Waals surface area contributed by atoms with Gasteiger partial charge in [-0.15, -0.1) is 0 Å². The van der Waals surface area contributed by atoms with Gasteiger partial charge < -0.3 is 14.9 Å².